The summed E-state index contributed by atoms with van der Waals surface area (Å²) in [7, 11) is 2.44. The van der Waals surface area contributed by atoms with Gasteiger partial charge in [0, 0.05) is 37.4 Å². The lowest BCUT2D eigenvalue weighted by atomic mass is 9.91. The Hall–Kier alpha value is -4.44. The van der Waals surface area contributed by atoms with Gasteiger partial charge in [0.1, 0.15) is 22.9 Å². The molecule has 200 valence electrons. The average molecular weight is 540 g/mol. The van der Waals surface area contributed by atoms with E-state index in [0.29, 0.717) is 29.9 Å². The monoisotopic (exact) mass is 540 g/mol. The number of rotatable bonds is 4. The van der Waals surface area contributed by atoms with Crippen LogP contribution in [0.3, 0.4) is 0 Å². The molecule has 3 aromatic heterocycles. The summed E-state index contributed by atoms with van der Waals surface area (Å²) in [4.78, 5) is 29.7. The molecule has 0 aliphatic carbocycles. The first-order valence-electron chi connectivity index (χ1n) is 11.8. The van der Waals surface area contributed by atoms with Crippen molar-refractivity contribution in [3.05, 3.63) is 75.5 Å². The second kappa shape index (κ2) is 10.0. The zero-order chi connectivity index (χ0) is 27.9. The van der Waals surface area contributed by atoms with Crippen molar-refractivity contribution < 1.29 is 27.0 Å². The van der Waals surface area contributed by atoms with Crippen molar-refractivity contribution in [3.8, 4) is 23.2 Å². The number of hydrogen-bond acceptors (Lipinski definition) is 8. The summed E-state index contributed by atoms with van der Waals surface area (Å²) in [5.41, 5.74) is -1.59. The number of ether oxygens (including phenoxy) is 2. The Bertz CT molecular complexity index is 1680. The van der Waals surface area contributed by atoms with Gasteiger partial charge in [-0.2, -0.15) is 18.4 Å². The first-order chi connectivity index (χ1) is 18.6. The Kier molecular flexibility index (Phi) is 6.73. The van der Waals surface area contributed by atoms with E-state index < -0.39 is 35.0 Å². The third-order valence-electron chi connectivity index (χ3n) is 6.54. The Morgan fingerprint density at radius 1 is 1.15 bits per heavy atom. The highest BCUT2D eigenvalue weighted by molar-refractivity contribution is 5.88. The molecule has 1 fully saturated rings. The van der Waals surface area contributed by atoms with Crippen LogP contribution in [0.5, 0.6) is 5.88 Å². The van der Waals surface area contributed by atoms with E-state index in [1.165, 1.54) is 19.2 Å². The minimum absolute atomic E-state index is 0.00902. The lowest BCUT2D eigenvalue weighted by molar-refractivity contribution is -0.147. The number of methoxy groups -OCH3 is 1. The summed E-state index contributed by atoms with van der Waals surface area (Å²) in [6.07, 6.45) is -2.95. The van der Waals surface area contributed by atoms with Crippen LogP contribution in [0.2, 0.25) is 0 Å². The zero-order valence-electron chi connectivity index (χ0n) is 20.7. The number of fused-ring (bicyclic) bond motifs is 1. The summed E-state index contributed by atoms with van der Waals surface area (Å²) in [6.45, 7) is 0.311. The van der Waals surface area contributed by atoms with E-state index in [1.807, 2.05) is 0 Å². The van der Waals surface area contributed by atoms with Gasteiger partial charge in [-0.15, -0.1) is 0 Å². The van der Waals surface area contributed by atoms with Gasteiger partial charge in [0.05, 0.1) is 24.8 Å². The minimum atomic E-state index is -4.96. The van der Waals surface area contributed by atoms with E-state index in [0.717, 1.165) is 18.7 Å². The van der Waals surface area contributed by atoms with Gasteiger partial charge in [0.25, 0.3) is 5.56 Å². The van der Waals surface area contributed by atoms with Gasteiger partial charge in [-0.25, -0.2) is 24.3 Å². The van der Waals surface area contributed by atoms with Gasteiger partial charge in [0.15, 0.2) is 5.52 Å². The van der Waals surface area contributed by atoms with E-state index >= 15 is 4.39 Å². The van der Waals surface area contributed by atoms with Crippen LogP contribution in [0, 0.1) is 17.1 Å². The van der Waals surface area contributed by atoms with Crippen LogP contribution < -0.4 is 10.3 Å². The van der Waals surface area contributed by atoms with Crippen molar-refractivity contribution in [1.29, 1.82) is 5.26 Å². The molecule has 0 unspecified atom stereocenters. The predicted octanol–water partition coefficient (Wildman–Crippen LogP) is 4.46. The molecule has 0 spiro atoms. The van der Waals surface area contributed by atoms with Crippen molar-refractivity contribution in [1.82, 2.24) is 24.5 Å². The van der Waals surface area contributed by atoms with Gasteiger partial charge in [0.2, 0.25) is 11.7 Å². The molecule has 39 heavy (non-hydrogen) atoms. The van der Waals surface area contributed by atoms with E-state index in [1.54, 1.807) is 24.4 Å². The molecule has 0 bridgehead atoms. The SMILES string of the molecule is COc1cc([C@@H]2C[C@H](c3nc(-c4ccc(C#N)cc4F)c4nc(C(F)(F)F)n(C)c(=O)c4n3)CCO2)ccn1. The molecule has 0 N–H and O–H groups in total. The molecule has 2 atom stereocenters. The molecule has 1 aromatic carbocycles. The molecule has 13 heteroatoms. The van der Waals surface area contributed by atoms with Crippen molar-refractivity contribution in [2.75, 3.05) is 13.7 Å². The van der Waals surface area contributed by atoms with Crippen LogP contribution >= 0.6 is 0 Å². The maximum Gasteiger partial charge on any atom is 0.449 e. The lowest BCUT2D eigenvalue weighted by Crippen LogP contribution is -2.29. The normalized spacial score (nSPS) is 17.7. The molecule has 1 aliphatic heterocycles. The summed E-state index contributed by atoms with van der Waals surface area (Å²) in [5, 5.41) is 9.11. The van der Waals surface area contributed by atoms with Crippen molar-refractivity contribution in [3.63, 3.8) is 0 Å². The van der Waals surface area contributed by atoms with E-state index in [4.69, 9.17) is 14.7 Å². The van der Waals surface area contributed by atoms with Crippen molar-refractivity contribution >= 4 is 11.0 Å². The quantitative estimate of drug-likeness (QED) is 0.349. The van der Waals surface area contributed by atoms with E-state index in [-0.39, 0.29) is 34.1 Å². The van der Waals surface area contributed by atoms with Gasteiger partial charge >= 0.3 is 6.18 Å². The second-order valence-corrected chi connectivity index (χ2v) is 8.94. The molecule has 0 amide bonds. The minimum Gasteiger partial charge on any atom is -0.481 e. The largest absolute Gasteiger partial charge is 0.481 e. The third-order valence-corrected chi connectivity index (χ3v) is 6.54. The molecule has 1 saturated heterocycles. The first-order valence-corrected chi connectivity index (χ1v) is 11.8. The van der Waals surface area contributed by atoms with Crippen molar-refractivity contribution in [2.45, 2.75) is 31.0 Å². The van der Waals surface area contributed by atoms with Crippen LogP contribution in [0.1, 0.15) is 47.6 Å². The van der Waals surface area contributed by atoms with Crippen molar-refractivity contribution in [2.24, 2.45) is 7.05 Å². The van der Waals surface area contributed by atoms with Gasteiger partial charge in [-0.1, -0.05) is 0 Å². The highest BCUT2D eigenvalue weighted by Crippen LogP contribution is 2.39. The number of halogens is 4. The molecule has 9 nitrogen and oxygen atoms in total. The molecule has 5 rings (SSSR count). The highest BCUT2D eigenvalue weighted by Gasteiger charge is 2.38. The Morgan fingerprint density at radius 2 is 1.95 bits per heavy atom. The fourth-order valence-electron chi connectivity index (χ4n) is 4.56. The van der Waals surface area contributed by atoms with Crippen LogP contribution in [0.4, 0.5) is 17.6 Å². The molecule has 0 radical (unpaired) electrons. The highest BCUT2D eigenvalue weighted by atomic mass is 19.4. The molecule has 4 aromatic rings. The zero-order valence-corrected chi connectivity index (χ0v) is 20.7. The number of benzene rings is 1. The lowest BCUT2D eigenvalue weighted by Gasteiger charge is -2.29. The van der Waals surface area contributed by atoms with E-state index in [2.05, 4.69) is 19.9 Å². The molecular formula is C26H20F4N6O3. The summed E-state index contributed by atoms with van der Waals surface area (Å²) in [5.74, 6) is -2.20. The Labute approximate surface area is 218 Å². The molecule has 4 heterocycles. The number of nitrogens with zero attached hydrogens (tertiary/aromatic N) is 6. The summed E-state index contributed by atoms with van der Waals surface area (Å²) < 4.78 is 67.7. The van der Waals surface area contributed by atoms with Gasteiger partial charge in [-0.05, 0) is 42.7 Å². The number of nitriles is 1. The smallest absolute Gasteiger partial charge is 0.449 e. The fourth-order valence-corrected chi connectivity index (χ4v) is 4.56. The number of aromatic nitrogens is 5. The van der Waals surface area contributed by atoms with Crippen LogP contribution in [-0.4, -0.2) is 38.2 Å². The molecule has 0 saturated carbocycles. The predicted molar refractivity (Wildman–Crippen MR) is 129 cm³/mol. The Morgan fingerprint density at radius 3 is 2.64 bits per heavy atom. The summed E-state index contributed by atoms with van der Waals surface area (Å²) in [6, 6.07) is 8.77. The standard InChI is InChI=1S/C26H20F4N6O3/c1-36-24(37)22-21(35-25(36)26(28,29)30)20(16-4-3-13(12-31)9-17(16)27)33-23(34-22)15-6-8-39-18(10-15)14-5-7-32-19(11-14)38-2/h3-5,7,9,11,15,18H,6,8,10H2,1-2H3/t15-,18+/m1/s1. The van der Waals surface area contributed by atoms with Crippen LogP contribution in [-0.2, 0) is 18.0 Å². The summed E-state index contributed by atoms with van der Waals surface area (Å²) >= 11 is 0. The van der Waals surface area contributed by atoms with Crippen LogP contribution in [0.25, 0.3) is 22.3 Å². The number of hydrogen-bond donors (Lipinski definition) is 0. The maximum atomic E-state index is 15.1. The van der Waals surface area contributed by atoms with Crippen LogP contribution in [0.15, 0.2) is 41.3 Å². The molecular weight excluding hydrogens is 520 g/mol. The second-order valence-electron chi connectivity index (χ2n) is 8.94. The third kappa shape index (κ3) is 4.90. The van der Waals surface area contributed by atoms with Gasteiger partial charge in [-0.3, -0.25) is 9.36 Å². The van der Waals surface area contributed by atoms with E-state index in [9.17, 15) is 18.0 Å². The average Bonchev–Trinajstić information content (AvgIpc) is 2.94. The topological polar surface area (TPSA) is 116 Å². The molecule has 1 aliphatic rings. The fraction of sp³-hybridized carbons (Fsp3) is 0.308. The Balaban J connectivity index is 1.69. The first kappa shape index (κ1) is 26.2. The number of alkyl halides is 3. The van der Waals surface area contributed by atoms with Gasteiger partial charge < -0.3 is 9.47 Å². The number of pyridine rings is 1. The maximum absolute atomic E-state index is 15.1.